The molecular formula is C10H6FNO. The molecule has 0 N–H and O–H groups in total. The smallest absolute Gasteiger partial charge is 0.213 e. The van der Waals surface area contributed by atoms with Crippen LogP contribution in [0.5, 0.6) is 0 Å². The molecule has 1 aromatic carbocycles. The Morgan fingerprint density at radius 3 is 2.69 bits per heavy atom. The van der Waals surface area contributed by atoms with Crippen molar-refractivity contribution < 1.29 is 4.39 Å². The van der Waals surface area contributed by atoms with E-state index in [-0.39, 0.29) is 5.43 Å². The second kappa shape index (κ2) is 2.94. The van der Waals surface area contributed by atoms with E-state index < -0.39 is 5.95 Å². The molecule has 64 valence electrons. The van der Waals surface area contributed by atoms with Crippen LogP contribution in [0.4, 0.5) is 4.39 Å². The third kappa shape index (κ3) is 1.40. The van der Waals surface area contributed by atoms with Gasteiger partial charge in [-0.25, -0.2) is 4.98 Å². The number of halogens is 1. The van der Waals surface area contributed by atoms with Gasteiger partial charge in [0.2, 0.25) is 5.95 Å². The molecule has 0 fully saturated rings. The van der Waals surface area contributed by atoms with E-state index >= 15 is 0 Å². The SMILES string of the molecule is O=c1ccc(F)nc2ccccc12. The van der Waals surface area contributed by atoms with Crippen molar-refractivity contribution in [2.24, 2.45) is 0 Å². The van der Waals surface area contributed by atoms with Gasteiger partial charge in [-0.2, -0.15) is 4.39 Å². The summed E-state index contributed by atoms with van der Waals surface area (Å²) in [6, 6.07) is 8.94. The van der Waals surface area contributed by atoms with E-state index in [0.29, 0.717) is 10.9 Å². The molecule has 0 unspecified atom stereocenters. The van der Waals surface area contributed by atoms with E-state index in [2.05, 4.69) is 4.98 Å². The normalized spacial score (nSPS) is 10.2. The lowest BCUT2D eigenvalue weighted by Gasteiger charge is -1.86. The van der Waals surface area contributed by atoms with Gasteiger partial charge in [0.1, 0.15) is 0 Å². The lowest BCUT2D eigenvalue weighted by atomic mass is 10.2. The highest BCUT2D eigenvalue weighted by molar-refractivity contribution is 5.77. The minimum absolute atomic E-state index is 0.216. The third-order valence-corrected chi connectivity index (χ3v) is 1.77. The molecule has 2 aromatic rings. The number of benzene rings is 1. The van der Waals surface area contributed by atoms with E-state index in [0.717, 1.165) is 6.07 Å². The van der Waals surface area contributed by atoms with Gasteiger partial charge in [-0.3, -0.25) is 4.79 Å². The van der Waals surface area contributed by atoms with Gasteiger partial charge in [0.15, 0.2) is 5.43 Å². The molecule has 0 radical (unpaired) electrons. The molecule has 0 spiro atoms. The predicted molar refractivity (Wildman–Crippen MR) is 48.0 cm³/mol. The first kappa shape index (κ1) is 7.86. The van der Waals surface area contributed by atoms with Crippen LogP contribution in [0.1, 0.15) is 0 Å². The molecule has 2 rings (SSSR count). The number of nitrogens with zero attached hydrogens (tertiary/aromatic N) is 1. The summed E-state index contributed by atoms with van der Waals surface area (Å²) in [5.41, 5.74) is 0.169. The second-order valence-electron chi connectivity index (χ2n) is 2.65. The van der Waals surface area contributed by atoms with Crippen LogP contribution in [0.3, 0.4) is 0 Å². The van der Waals surface area contributed by atoms with E-state index in [9.17, 15) is 9.18 Å². The zero-order valence-corrected chi connectivity index (χ0v) is 6.70. The van der Waals surface area contributed by atoms with Crippen molar-refractivity contribution >= 4 is 10.9 Å². The Labute approximate surface area is 73.7 Å². The molecule has 13 heavy (non-hydrogen) atoms. The third-order valence-electron chi connectivity index (χ3n) is 1.77. The number of rotatable bonds is 0. The molecule has 0 bridgehead atoms. The molecule has 0 amide bonds. The van der Waals surface area contributed by atoms with Crippen molar-refractivity contribution in [2.75, 3.05) is 0 Å². The van der Waals surface area contributed by atoms with E-state index in [4.69, 9.17) is 0 Å². The van der Waals surface area contributed by atoms with E-state index in [1.165, 1.54) is 6.07 Å². The fourth-order valence-corrected chi connectivity index (χ4v) is 1.17. The number of hydrogen-bond acceptors (Lipinski definition) is 2. The largest absolute Gasteiger partial charge is 0.289 e. The van der Waals surface area contributed by atoms with Crippen molar-refractivity contribution in [1.29, 1.82) is 0 Å². The Bertz CT molecular complexity index is 510. The van der Waals surface area contributed by atoms with Gasteiger partial charge < -0.3 is 0 Å². The lowest BCUT2D eigenvalue weighted by Crippen LogP contribution is -1.93. The molecule has 3 heteroatoms. The summed E-state index contributed by atoms with van der Waals surface area (Å²) in [6.07, 6.45) is 0. The van der Waals surface area contributed by atoms with Gasteiger partial charge in [-0.1, -0.05) is 12.1 Å². The van der Waals surface area contributed by atoms with E-state index in [1.807, 2.05) is 0 Å². The number of para-hydroxylation sites is 1. The fraction of sp³-hybridized carbons (Fsp3) is 0. The summed E-state index contributed by atoms with van der Waals surface area (Å²) in [7, 11) is 0. The number of aromatic nitrogens is 1. The van der Waals surface area contributed by atoms with Crippen LogP contribution in [-0.2, 0) is 0 Å². The zero-order chi connectivity index (χ0) is 9.26. The zero-order valence-electron chi connectivity index (χ0n) is 6.70. The standard InChI is InChI=1S/C10H6FNO/c11-10-6-5-9(13)7-3-1-2-4-8(7)12-10/h1-6H. The Morgan fingerprint density at radius 2 is 1.85 bits per heavy atom. The minimum atomic E-state index is -0.640. The van der Waals surface area contributed by atoms with Crippen LogP contribution in [0.25, 0.3) is 10.9 Å². The second-order valence-corrected chi connectivity index (χ2v) is 2.65. The molecule has 0 aliphatic rings. The maximum atomic E-state index is 12.8. The van der Waals surface area contributed by atoms with Gasteiger partial charge in [-0.15, -0.1) is 0 Å². The highest BCUT2D eigenvalue weighted by Gasteiger charge is 1.97. The predicted octanol–water partition coefficient (Wildman–Crippen LogP) is 1.73. The first-order chi connectivity index (χ1) is 6.27. The summed E-state index contributed by atoms with van der Waals surface area (Å²) in [4.78, 5) is 15.0. The van der Waals surface area contributed by atoms with Gasteiger partial charge in [0, 0.05) is 5.39 Å². The Kier molecular flexibility index (Phi) is 1.77. The van der Waals surface area contributed by atoms with Crippen LogP contribution in [0.2, 0.25) is 0 Å². The highest BCUT2D eigenvalue weighted by atomic mass is 19.1. The summed E-state index contributed by atoms with van der Waals surface area (Å²) < 4.78 is 12.8. The van der Waals surface area contributed by atoms with Crippen LogP contribution in [0, 0.1) is 5.95 Å². The van der Waals surface area contributed by atoms with Crippen molar-refractivity contribution in [3.63, 3.8) is 0 Å². The van der Waals surface area contributed by atoms with Gasteiger partial charge in [0.05, 0.1) is 5.52 Å². The maximum absolute atomic E-state index is 12.8. The van der Waals surface area contributed by atoms with Gasteiger partial charge in [-0.05, 0) is 24.3 Å². The summed E-state index contributed by atoms with van der Waals surface area (Å²) in [5, 5.41) is 0.436. The number of fused-ring (bicyclic) bond motifs is 1. The first-order valence-corrected chi connectivity index (χ1v) is 3.83. The van der Waals surface area contributed by atoms with Gasteiger partial charge >= 0.3 is 0 Å². The average Bonchev–Trinajstić information content (AvgIpc) is 2.27. The molecular weight excluding hydrogens is 169 g/mol. The minimum Gasteiger partial charge on any atom is -0.289 e. The van der Waals surface area contributed by atoms with Gasteiger partial charge in [0.25, 0.3) is 0 Å². The molecule has 1 heterocycles. The Hall–Kier alpha value is -1.77. The van der Waals surface area contributed by atoms with Crippen molar-refractivity contribution in [1.82, 2.24) is 4.98 Å². The molecule has 2 nitrogen and oxygen atoms in total. The quantitative estimate of drug-likeness (QED) is 0.610. The summed E-state index contributed by atoms with van der Waals surface area (Å²) in [6.45, 7) is 0. The van der Waals surface area contributed by atoms with Crippen molar-refractivity contribution in [3.05, 3.63) is 52.6 Å². The number of hydrogen-bond donors (Lipinski definition) is 0. The van der Waals surface area contributed by atoms with Crippen molar-refractivity contribution in [2.45, 2.75) is 0 Å². The van der Waals surface area contributed by atoms with Crippen LogP contribution in [0.15, 0.2) is 41.2 Å². The topological polar surface area (TPSA) is 30.0 Å². The Balaban J connectivity index is 3.04. The molecule has 0 atom stereocenters. The van der Waals surface area contributed by atoms with Crippen LogP contribution in [-0.4, -0.2) is 4.98 Å². The Morgan fingerprint density at radius 1 is 1.08 bits per heavy atom. The first-order valence-electron chi connectivity index (χ1n) is 3.83. The highest BCUT2D eigenvalue weighted by Crippen LogP contribution is 2.04. The molecule has 0 aliphatic heterocycles. The van der Waals surface area contributed by atoms with Crippen molar-refractivity contribution in [3.8, 4) is 0 Å². The molecule has 0 saturated heterocycles. The summed E-state index contributed by atoms with van der Waals surface area (Å²) >= 11 is 0. The molecule has 1 aromatic heterocycles. The molecule has 0 aliphatic carbocycles. The molecule has 0 saturated carbocycles. The fourth-order valence-electron chi connectivity index (χ4n) is 1.17. The monoisotopic (exact) mass is 175 g/mol. The van der Waals surface area contributed by atoms with Crippen LogP contribution >= 0.6 is 0 Å². The summed E-state index contributed by atoms with van der Waals surface area (Å²) in [5.74, 6) is -0.640. The average molecular weight is 175 g/mol. The lowest BCUT2D eigenvalue weighted by molar-refractivity contribution is 0.590. The van der Waals surface area contributed by atoms with E-state index in [1.54, 1.807) is 24.3 Å². The maximum Gasteiger partial charge on any atom is 0.213 e. The van der Waals surface area contributed by atoms with Crippen LogP contribution < -0.4 is 5.43 Å².